The summed E-state index contributed by atoms with van der Waals surface area (Å²) in [5.41, 5.74) is 2.56. The van der Waals surface area contributed by atoms with Gasteiger partial charge in [-0.25, -0.2) is 0 Å². The molecule has 4 rings (SSSR count). The first-order valence-corrected chi connectivity index (χ1v) is 9.94. The van der Waals surface area contributed by atoms with Crippen molar-refractivity contribution in [2.75, 3.05) is 17.7 Å². The van der Waals surface area contributed by atoms with Gasteiger partial charge in [-0.1, -0.05) is 29.4 Å². The Labute approximate surface area is 180 Å². The highest BCUT2D eigenvalue weighted by atomic mass is 16.5. The van der Waals surface area contributed by atoms with E-state index in [1.807, 2.05) is 57.2 Å². The van der Waals surface area contributed by atoms with Crippen LogP contribution in [0.2, 0.25) is 0 Å². The van der Waals surface area contributed by atoms with E-state index in [9.17, 15) is 4.79 Å². The second kappa shape index (κ2) is 8.47. The Balaban J connectivity index is 1.75. The molecule has 1 aliphatic heterocycles. The number of carbonyl (C=O) groups excluding carboxylic acids is 1. The van der Waals surface area contributed by atoms with Crippen LogP contribution in [0.15, 0.2) is 59.8 Å². The van der Waals surface area contributed by atoms with Crippen LogP contribution in [0.5, 0.6) is 11.5 Å². The molecule has 0 spiro atoms. The molecule has 9 nitrogen and oxygen atoms in total. The van der Waals surface area contributed by atoms with Crippen molar-refractivity contribution in [1.82, 2.24) is 20.2 Å². The number of allylic oxidation sites excluding steroid dienone is 1. The summed E-state index contributed by atoms with van der Waals surface area (Å²) in [4.78, 5) is 13.4. The lowest BCUT2D eigenvalue weighted by Gasteiger charge is -2.28. The van der Waals surface area contributed by atoms with Gasteiger partial charge in [0.05, 0.1) is 24.5 Å². The summed E-state index contributed by atoms with van der Waals surface area (Å²) in [6, 6.07) is 14.3. The van der Waals surface area contributed by atoms with Crippen LogP contribution in [0.1, 0.15) is 32.4 Å². The summed E-state index contributed by atoms with van der Waals surface area (Å²) in [5.74, 6) is 1.47. The molecule has 2 heterocycles. The fourth-order valence-electron chi connectivity index (χ4n) is 3.58. The van der Waals surface area contributed by atoms with E-state index in [2.05, 4.69) is 26.2 Å². The predicted octanol–water partition coefficient (Wildman–Crippen LogP) is 3.40. The molecular formula is C22H24N6O3. The molecule has 0 saturated heterocycles. The zero-order chi connectivity index (χ0) is 22.0. The molecule has 1 atom stereocenters. The summed E-state index contributed by atoms with van der Waals surface area (Å²) in [6.45, 7) is 5.76. The van der Waals surface area contributed by atoms with Crippen LogP contribution >= 0.6 is 0 Å². The number of ether oxygens (including phenoxy) is 2. The summed E-state index contributed by atoms with van der Waals surface area (Å²) in [5, 5.41) is 18.0. The second-order valence-electron chi connectivity index (χ2n) is 7.41. The number of methoxy groups -OCH3 is 1. The van der Waals surface area contributed by atoms with E-state index in [0.717, 1.165) is 5.56 Å². The minimum atomic E-state index is -0.531. The van der Waals surface area contributed by atoms with Crippen molar-refractivity contribution in [2.24, 2.45) is 0 Å². The first-order chi connectivity index (χ1) is 15.0. The summed E-state index contributed by atoms with van der Waals surface area (Å²) in [7, 11) is 1.56. The highest BCUT2D eigenvalue weighted by molar-refractivity contribution is 6.06. The number of anilines is 2. The van der Waals surface area contributed by atoms with Crippen LogP contribution in [0.4, 0.5) is 11.6 Å². The molecule has 2 aromatic carbocycles. The summed E-state index contributed by atoms with van der Waals surface area (Å²) < 4.78 is 12.8. The minimum Gasteiger partial charge on any atom is -0.495 e. The molecule has 160 valence electrons. The van der Waals surface area contributed by atoms with Gasteiger partial charge in [-0.05, 0) is 61.0 Å². The average molecular weight is 420 g/mol. The Morgan fingerprint density at radius 2 is 2.00 bits per heavy atom. The fraction of sp³-hybridized carbons (Fsp3) is 0.273. The fourth-order valence-corrected chi connectivity index (χ4v) is 3.58. The van der Waals surface area contributed by atoms with Crippen LogP contribution in [-0.4, -0.2) is 39.3 Å². The molecule has 1 unspecified atom stereocenters. The van der Waals surface area contributed by atoms with Crippen molar-refractivity contribution in [2.45, 2.75) is 32.9 Å². The number of nitrogens with zero attached hydrogens (tertiary/aromatic N) is 4. The van der Waals surface area contributed by atoms with Gasteiger partial charge in [0, 0.05) is 5.70 Å². The molecule has 0 radical (unpaired) electrons. The number of benzene rings is 2. The third-order valence-electron chi connectivity index (χ3n) is 4.86. The largest absolute Gasteiger partial charge is 0.495 e. The lowest BCUT2D eigenvalue weighted by molar-refractivity contribution is -0.113. The molecule has 3 aromatic rings. The van der Waals surface area contributed by atoms with Crippen molar-refractivity contribution >= 4 is 17.5 Å². The van der Waals surface area contributed by atoms with Crippen molar-refractivity contribution in [3.05, 3.63) is 65.4 Å². The standard InChI is InChI=1S/C22H24N6O3/c1-13(2)31-16-9-7-8-15(12-16)20-19(14(3)23-22-25-26-27-28(20)22)21(29)24-17-10-5-6-11-18(17)30-4/h5-13,20H,1-4H3,(H,24,29)(H,23,25,27). The van der Waals surface area contributed by atoms with Gasteiger partial charge in [-0.15, -0.1) is 0 Å². The third kappa shape index (κ3) is 4.07. The highest BCUT2D eigenvalue weighted by Crippen LogP contribution is 2.36. The quantitative estimate of drug-likeness (QED) is 0.630. The predicted molar refractivity (Wildman–Crippen MR) is 116 cm³/mol. The van der Waals surface area contributed by atoms with Crippen LogP contribution in [0, 0.1) is 0 Å². The smallest absolute Gasteiger partial charge is 0.255 e. The van der Waals surface area contributed by atoms with Crippen molar-refractivity contribution in [1.29, 1.82) is 0 Å². The maximum Gasteiger partial charge on any atom is 0.255 e. The normalized spacial score (nSPS) is 15.3. The van der Waals surface area contributed by atoms with E-state index in [1.54, 1.807) is 23.9 Å². The number of para-hydroxylation sites is 2. The Kier molecular flexibility index (Phi) is 5.57. The SMILES string of the molecule is COc1ccccc1NC(=O)C1=C(C)Nc2nnnn2C1c1cccc(OC(C)C)c1. The minimum absolute atomic E-state index is 0.0254. The van der Waals surface area contributed by atoms with E-state index in [-0.39, 0.29) is 12.0 Å². The van der Waals surface area contributed by atoms with Crippen molar-refractivity contribution in [3.8, 4) is 11.5 Å². The van der Waals surface area contributed by atoms with Crippen LogP contribution in [-0.2, 0) is 4.79 Å². The Bertz CT molecular complexity index is 1140. The van der Waals surface area contributed by atoms with Gasteiger partial charge in [0.2, 0.25) is 5.95 Å². The van der Waals surface area contributed by atoms with Crippen LogP contribution in [0.25, 0.3) is 0 Å². The summed E-state index contributed by atoms with van der Waals surface area (Å²) >= 11 is 0. The maximum atomic E-state index is 13.4. The molecule has 9 heteroatoms. The van der Waals surface area contributed by atoms with E-state index >= 15 is 0 Å². The number of fused-ring (bicyclic) bond motifs is 1. The lowest BCUT2D eigenvalue weighted by Crippen LogP contribution is -2.31. The molecule has 31 heavy (non-hydrogen) atoms. The van der Waals surface area contributed by atoms with Gasteiger partial charge in [-0.3, -0.25) is 4.79 Å². The number of aromatic nitrogens is 4. The molecule has 0 saturated carbocycles. The number of hydrogen-bond acceptors (Lipinski definition) is 7. The van der Waals surface area contributed by atoms with Crippen molar-refractivity contribution < 1.29 is 14.3 Å². The van der Waals surface area contributed by atoms with E-state index in [0.29, 0.717) is 34.4 Å². The molecule has 0 fully saturated rings. The Hall–Kier alpha value is -3.88. The van der Waals surface area contributed by atoms with Crippen LogP contribution in [0.3, 0.4) is 0 Å². The molecular weight excluding hydrogens is 396 g/mol. The van der Waals surface area contributed by atoms with Gasteiger partial charge >= 0.3 is 0 Å². The topological polar surface area (TPSA) is 103 Å². The average Bonchev–Trinajstić information content (AvgIpc) is 3.20. The van der Waals surface area contributed by atoms with Gasteiger partial charge in [0.1, 0.15) is 17.5 Å². The van der Waals surface area contributed by atoms with Gasteiger partial charge in [-0.2, -0.15) is 4.68 Å². The molecule has 0 aliphatic carbocycles. The first kappa shape index (κ1) is 20.4. The third-order valence-corrected chi connectivity index (χ3v) is 4.86. The van der Waals surface area contributed by atoms with Gasteiger partial charge in [0.15, 0.2) is 0 Å². The zero-order valence-electron chi connectivity index (χ0n) is 17.8. The van der Waals surface area contributed by atoms with Gasteiger partial charge in [0.25, 0.3) is 5.91 Å². The Morgan fingerprint density at radius 1 is 1.19 bits per heavy atom. The van der Waals surface area contributed by atoms with E-state index in [1.165, 1.54) is 0 Å². The van der Waals surface area contributed by atoms with Gasteiger partial charge < -0.3 is 20.1 Å². The summed E-state index contributed by atoms with van der Waals surface area (Å²) in [6.07, 6.45) is 0.0254. The number of hydrogen-bond donors (Lipinski definition) is 2. The molecule has 0 bridgehead atoms. The molecule has 1 aromatic heterocycles. The number of nitrogens with one attached hydrogen (secondary N) is 2. The zero-order valence-corrected chi connectivity index (χ0v) is 17.8. The highest BCUT2D eigenvalue weighted by Gasteiger charge is 2.34. The first-order valence-electron chi connectivity index (χ1n) is 9.94. The maximum absolute atomic E-state index is 13.4. The van der Waals surface area contributed by atoms with Crippen molar-refractivity contribution in [3.63, 3.8) is 0 Å². The Morgan fingerprint density at radius 3 is 2.77 bits per heavy atom. The molecule has 2 N–H and O–H groups in total. The number of tetrazole rings is 1. The van der Waals surface area contributed by atoms with E-state index in [4.69, 9.17) is 9.47 Å². The van der Waals surface area contributed by atoms with E-state index < -0.39 is 6.04 Å². The number of rotatable bonds is 6. The van der Waals surface area contributed by atoms with Crippen LogP contribution < -0.4 is 20.1 Å². The lowest BCUT2D eigenvalue weighted by atomic mass is 9.94. The number of amides is 1. The number of carbonyl (C=O) groups is 1. The monoisotopic (exact) mass is 420 g/mol. The molecule has 1 amide bonds. The second-order valence-corrected chi connectivity index (χ2v) is 7.41. The molecule has 1 aliphatic rings.